The number of anilines is 2. The highest BCUT2D eigenvalue weighted by molar-refractivity contribution is 9.10. The lowest BCUT2D eigenvalue weighted by molar-refractivity contribution is 0.394. The van der Waals surface area contributed by atoms with Gasteiger partial charge in [0.05, 0.1) is 14.2 Å². The van der Waals surface area contributed by atoms with E-state index in [0.29, 0.717) is 29.8 Å². The molecule has 0 unspecified atom stereocenters. The topological polar surface area (TPSA) is 60.4 Å². The fraction of sp³-hybridized carbons (Fsp3) is 0.357. The van der Waals surface area contributed by atoms with E-state index in [1.165, 1.54) is 0 Å². The van der Waals surface area contributed by atoms with E-state index in [9.17, 15) is 0 Å². The minimum atomic E-state index is 0.157. The summed E-state index contributed by atoms with van der Waals surface area (Å²) in [7, 11) is 3.21. The smallest absolute Gasteiger partial charge is 0.234 e. The minimum Gasteiger partial charge on any atom is -0.497 e. The molecule has 0 amide bonds. The average Bonchev–Trinajstić information content (AvgIpc) is 2.48. The first kappa shape index (κ1) is 16.8. The predicted molar refractivity (Wildman–Crippen MR) is 89.5 cm³/mol. The van der Waals surface area contributed by atoms with Crippen LogP contribution in [-0.4, -0.2) is 35.7 Å². The Morgan fingerprint density at radius 2 is 1.91 bits per heavy atom. The van der Waals surface area contributed by atoms with Crippen LogP contribution in [0.25, 0.3) is 0 Å². The number of rotatable bonds is 5. The minimum absolute atomic E-state index is 0.157. The maximum atomic E-state index is 5.95. The van der Waals surface area contributed by atoms with Crippen LogP contribution in [-0.2, 0) is 0 Å². The van der Waals surface area contributed by atoms with Crippen LogP contribution in [0.1, 0.15) is 12.7 Å². The Hall–Kier alpha value is -1.60. The molecule has 118 valence electrons. The highest BCUT2D eigenvalue weighted by Crippen LogP contribution is 2.41. The number of nitrogens with zero attached hydrogens (tertiary/aromatic N) is 4. The zero-order valence-electron chi connectivity index (χ0n) is 12.7. The van der Waals surface area contributed by atoms with Crippen molar-refractivity contribution in [3.8, 4) is 11.5 Å². The van der Waals surface area contributed by atoms with E-state index in [-0.39, 0.29) is 5.28 Å². The maximum absolute atomic E-state index is 5.95. The van der Waals surface area contributed by atoms with Crippen molar-refractivity contribution in [1.29, 1.82) is 0 Å². The van der Waals surface area contributed by atoms with Gasteiger partial charge in [0.2, 0.25) is 11.2 Å². The molecule has 1 aromatic heterocycles. The van der Waals surface area contributed by atoms with Gasteiger partial charge >= 0.3 is 0 Å². The summed E-state index contributed by atoms with van der Waals surface area (Å²) in [5, 5.41) is 0.157. The molecular weight excluding hydrogens is 372 g/mol. The van der Waals surface area contributed by atoms with E-state index >= 15 is 0 Å². The molecule has 1 aromatic carbocycles. The van der Waals surface area contributed by atoms with Crippen molar-refractivity contribution in [2.45, 2.75) is 13.8 Å². The third kappa shape index (κ3) is 3.41. The number of methoxy groups -OCH3 is 2. The van der Waals surface area contributed by atoms with Gasteiger partial charge < -0.3 is 14.4 Å². The molecule has 0 N–H and O–H groups in total. The van der Waals surface area contributed by atoms with E-state index < -0.39 is 0 Å². The van der Waals surface area contributed by atoms with Gasteiger partial charge in [-0.05, 0) is 47.4 Å². The lowest BCUT2D eigenvalue weighted by atomic mass is 10.2. The summed E-state index contributed by atoms with van der Waals surface area (Å²) in [6.45, 7) is 4.38. The van der Waals surface area contributed by atoms with Crippen LogP contribution in [0.5, 0.6) is 11.5 Å². The number of hydrogen-bond donors (Lipinski definition) is 0. The van der Waals surface area contributed by atoms with Crippen LogP contribution in [0.15, 0.2) is 16.6 Å². The zero-order chi connectivity index (χ0) is 16.3. The normalized spacial score (nSPS) is 10.5. The number of halogens is 2. The summed E-state index contributed by atoms with van der Waals surface area (Å²) in [6, 6.07) is 3.66. The highest BCUT2D eigenvalue weighted by Gasteiger charge is 2.20. The molecule has 0 saturated carbocycles. The van der Waals surface area contributed by atoms with E-state index in [2.05, 4.69) is 30.9 Å². The summed E-state index contributed by atoms with van der Waals surface area (Å²) >= 11 is 9.50. The highest BCUT2D eigenvalue weighted by atomic mass is 79.9. The Labute approximate surface area is 142 Å². The second-order valence-corrected chi connectivity index (χ2v) is 5.55. The molecule has 2 rings (SSSR count). The molecule has 0 saturated heterocycles. The number of aromatic nitrogens is 3. The molecule has 0 fully saturated rings. The Morgan fingerprint density at radius 3 is 2.45 bits per heavy atom. The molecule has 22 heavy (non-hydrogen) atoms. The van der Waals surface area contributed by atoms with Crippen LogP contribution >= 0.6 is 27.5 Å². The first-order chi connectivity index (χ1) is 10.5. The molecule has 1 heterocycles. The molecular formula is C14H16BrClN4O2. The summed E-state index contributed by atoms with van der Waals surface area (Å²) in [4.78, 5) is 14.4. The van der Waals surface area contributed by atoms with Gasteiger partial charge in [0.25, 0.3) is 0 Å². The molecule has 0 radical (unpaired) electrons. The first-order valence-corrected chi connectivity index (χ1v) is 7.74. The molecule has 0 bridgehead atoms. The average molecular weight is 388 g/mol. The number of aryl methyl sites for hydroxylation is 1. The third-order valence-corrected chi connectivity index (χ3v) is 3.77. The van der Waals surface area contributed by atoms with Crippen molar-refractivity contribution < 1.29 is 9.47 Å². The maximum Gasteiger partial charge on any atom is 0.234 e. The summed E-state index contributed by atoms with van der Waals surface area (Å²) in [5.41, 5.74) is 0.799. The van der Waals surface area contributed by atoms with Gasteiger partial charge in [-0.15, -0.1) is 0 Å². The van der Waals surface area contributed by atoms with Gasteiger partial charge in [-0.1, -0.05) is 0 Å². The first-order valence-electron chi connectivity index (χ1n) is 6.57. The molecule has 8 heteroatoms. The van der Waals surface area contributed by atoms with Gasteiger partial charge in [0.15, 0.2) is 0 Å². The molecule has 0 atom stereocenters. The Balaban J connectivity index is 2.60. The van der Waals surface area contributed by atoms with Gasteiger partial charge in [-0.2, -0.15) is 9.97 Å². The lowest BCUT2D eigenvalue weighted by Gasteiger charge is -2.25. The Morgan fingerprint density at radius 1 is 1.18 bits per heavy atom. The molecule has 2 aromatic rings. The number of hydrogen-bond acceptors (Lipinski definition) is 6. The van der Waals surface area contributed by atoms with Crippen molar-refractivity contribution in [3.63, 3.8) is 0 Å². The number of ether oxygens (including phenoxy) is 2. The van der Waals surface area contributed by atoms with Crippen LogP contribution in [0, 0.1) is 6.92 Å². The fourth-order valence-electron chi connectivity index (χ4n) is 2.04. The van der Waals surface area contributed by atoms with Gasteiger partial charge in [-0.3, -0.25) is 0 Å². The van der Waals surface area contributed by atoms with Crippen molar-refractivity contribution >= 4 is 39.2 Å². The van der Waals surface area contributed by atoms with Crippen LogP contribution in [0.3, 0.4) is 0 Å². The van der Waals surface area contributed by atoms with Gasteiger partial charge in [-0.25, -0.2) is 4.98 Å². The van der Waals surface area contributed by atoms with E-state index in [4.69, 9.17) is 21.1 Å². The van der Waals surface area contributed by atoms with Crippen LogP contribution in [0.2, 0.25) is 5.28 Å². The van der Waals surface area contributed by atoms with Crippen LogP contribution < -0.4 is 14.4 Å². The Bertz CT molecular complexity index is 664. The van der Waals surface area contributed by atoms with Gasteiger partial charge in [0.1, 0.15) is 23.0 Å². The molecule has 0 aliphatic heterocycles. The number of benzene rings is 1. The lowest BCUT2D eigenvalue weighted by Crippen LogP contribution is -2.21. The fourth-order valence-corrected chi connectivity index (χ4v) is 2.87. The largest absolute Gasteiger partial charge is 0.497 e. The van der Waals surface area contributed by atoms with Crippen LogP contribution in [0.4, 0.5) is 11.6 Å². The summed E-state index contributed by atoms with van der Waals surface area (Å²) < 4.78 is 11.5. The summed E-state index contributed by atoms with van der Waals surface area (Å²) in [5.74, 6) is 2.34. The molecule has 6 nitrogen and oxygen atoms in total. The second kappa shape index (κ2) is 7.11. The van der Waals surface area contributed by atoms with Crippen molar-refractivity contribution in [3.05, 3.63) is 27.7 Å². The monoisotopic (exact) mass is 386 g/mol. The zero-order valence-corrected chi connectivity index (χ0v) is 15.1. The van der Waals surface area contributed by atoms with Gasteiger partial charge in [0, 0.05) is 17.1 Å². The predicted octanol–water partition coefficient (Wildman–Crippen LogP) is 3.77. The van der Waals surface area contributed by atoms with Crippen molar-refractivity contribution in [2.75, 3.05) is 25.7 Å². The quantitative estimate of drug-likeness (QED) is 0.778. The van der Waals surface area contributed by atoms with Crippen molar-refractivity contribution in [1.82, 2.24) is 15.0 Å². The SMILES string of the molecule is CCN(c1nc(C)nc(Cl)n1)c1c(Br)cc(OC)cc1OC. The summed E-state index contributed by atoms with van der Waals surface area (Å²) in [6.07, 6.45) is 0. The standard InChI is InChI=1S/C14H16BrClN4O2/c1-5-20(14-18-8(2)17-13(16)19-14)12-10(15)6-9(21-3)7-11(12)22-4/h6-7H,5H2,1-4H3. The molecule has 0 aliphatic carbocycles. The Kier molecular flexibility index (Phi) is 5.42. The van der Waals surface area contributed by atoms with Crippen molar-refractivity contribution in [2.24, 2.45) is 0 Å². The van der Waals surface area contributed by atoms with E-state index in [0.717, 1.165) is 10.2 Å². The van der Waals surface area contributed by atoms with E-state index in [1.54, 1.807) is 27.2 Å². The molecule has 0 spiro atoms. The second-order valence-electron chi connectivity index (χ2n) is 4.36. The molecule has 0 aliphatic rings. The van der Waals surface area contributed by atoms with E-state index in [1.807, 2.05) is 17.9 Å². The third-order valence-electron chi connectivity index (χ3n) is 2.99.